The molecule has 2 amide bonds. The summed E-state index contributed by atoms with van der Waals surface area (Å²) < 4.78 is 5.31. The van der Waals surface area contributed by atoms with Crippen LogP contribution in [0.4, 0.5) is 0 Å². The third-order valence-corrected chi connectivity index (χ3v) is 6.64. The van der Waals surface area contributed by atoms with E-state index in [1.165, 1.54) is 0 Å². The summed E-state index contributed by atoms with van der Waals surface area (Å²) in [5.74, 6) is 0.441. The number of carbonyl (C=O) groups is 2. The van der Waals surface area contributed by atoms with E-state index in [1.54, 1.807) is 7.11 Å². The number of H-pyrrole nitrogens is 1. The number of likely N-dealkylation sites (N-methyl/N-ethyl adjacent to an activating group) is 1. The van der Waals surface area contributed by atoms with Crippen LogP contribution in [-0.2, 0) is 11.2 Å². The van der Waals surface area contributed by atoms with Crippen molar-refractivity contribution in [1.82, 2.24) is 14.8 Å². The molecule has 1 saturated heterocycles. The highest BCUT2D eigenvalue weighted by atomic mass is 16.5. The molecule has 0 unspecified atom stereocenters. The minimum absolute atomic E-state index is 0.0450. The van der Waals surface area contributed by atoms with Crippen LogP contribution in [0.25, 0.3) is 32.9 Å². The zero-order valence-corrected chi connectivity index (χ0v) is 19.4. The molecule has 3 aromatic carbocycles. The number of hydrogen-bond acceptors (Lipinski definition) is 4. The fraction of sp³-hybridized carbons (Fsp3) is 0.259. The molecule has 7 nitrogen and oxygen atoms in total. The van der Waals surface area contributed by atoms with Gasteiger partial charge in [0, 0.05) is 48.0 Å². The summed E-state index contributed by atoms with van der Waals surface area (Å²) in [4.78, 5) is 32.6. The van der Waals surface area contributed by atoms with Crippen LogP contribution < -0.4 is 10.5 Å². The number of nitrogens with two attached hydrogens (primary N) is 1. The number of primary amides is 1. The molecule has 7 heteroatoms. The summed E-state index contributed by atoms with van der Waals surface area (Å²) in [5, 5.41) is 1.93. The number of methoxy groups -OCH3 is 1. The maximum Gasteiger partial charge on any atom is 0.253 e. The van der Waals surface area contributed by atoms with E-state index in [2.05, 4.69) is 16.9 Å². The van der Waals surface area contributed by atoms with Crippen molar-refractivity contribution in [2.45, 2.75) is 6.42 Å². The summed E-state index contributed by atoms with van der Waals surface area (Å²) in [7, 11) is 3.72. The number of fused-ring (bicyclic) bond motifs is 3. The molecule has 2 heterocycles. The molecule has 0 radical (unpaired) electrons. The first-order chi connectivity index (χ1) is 16.4. The quantitative estimate of drug-likeness (QED) is 0.481. The topological polar surface area (TPSA) is 91.7 Å². The van der Waals surface area contributed by atoms with Crippen molar-refractivity contribution < 1.29 is 14.3 Å². The van der Waals surface area contributed by atoms with Gasteiger partial charge in [-0.2, -0.15) is 0 Å². The number of benzene rings is 3. The van der Waals surface area contributed by atoms with E-state index in [-0.39, 0.29) is 18.2 Å². The van der Waals surface area contributed by atoms with Crippen LogP contribution >= 0.6 is 0 Å². The van der Waals surface area contributed by atoms with Gasteiger partial charge >= 0.3 is 0 Å². The molecule has 0 atom stereocenters. The van der Waals surface area contributed by atoms with Crippen LogP contribution in [0, 0.1) is 0 Å². The summed E-state index contributed by atoms with van der Waals surface area (Å²) >= 11 is 0. The van der Waals surface area contributed by atoms with Crippen LogP contribution in [0.1, 0.15) is 15.9 Å². The molecule has 1 aliphatic heterocycles. The summed E-state index contributed by atoms with van der Waals surface area (Å²) in [5.41, 5.74) is 10.8. The Labute approximate surface area is 198 Å². The standard InChI is InChI=1S/C27H28N4O3/c1-30-11-13-31(14-12-30)27(33)19-6-10-23-22(15-19)25-21(17-3-7-20(34-2)8-4-17)9-5-18(16-24(28)32)26(25)29-23/h3-10,15,29H,11-14,16H2,1-2H3,(H2,28,32). The van der Waals surface area contributed by atoms with Crippen LogP contribution in [0.15, 0.2) is 54.6 Å². The van der Waals surface area contributed by atoms with Crippen LogP contribution in [0.5, 0.6) is 5.75 Å². The number of aromatic amines is 1. The number of nitrogens with one attached hydrogen (secondary N) is 1. The predicted octanol–water partition coefficient (Wildman–Crippen LogP) is 3.41. The first-order valence-corrected chi connectivity index (χ1v) is 11.4. The number of nitrogens with zero attached hydrogens (tertiary/aromatic N) is 2. The zero-order valence-electron chi connectivity index (χ0n) is 19.4. The van der Waals surface area contributed by atoms with E-state index in [0.29, 0.717) is 5.56 Å². The number of aromatic nitrogens is 1. The molecule has 5 rings (SSSR count). The summed E-state index contributed by atoms with van der Waals surface area (Å²) in [6.07, 6.45) is 0.138. The number of rotatable bonds is 5. The van der Waals surface area contributed by atoms with Gasteiger partial charge in [0.05, 0.1) is 19.0 Å². The Bertz CT molecular complexity index is 1380. The van der Waals surface area contributed by atoms with Gasteiger partial charge in [-0.1, -0.05) is 24.3 Å². The number of hydrogen-bond donors (Lipinski definition) is 2. The Morgan fingerprint density at radius 1 is 1.00 bits per heavy atom. The fourth-order valence-electron chi connectivity index (χ4n) is 4.73. The van der Waals surface area contributed by atoms with E-state index in [4.69, 9.17) is 10.5 Å². The van der Waals surface area contributed by atoms with Gasteiger partial charge in [-0.15, -0.1) is 0 Å². The van der Waals surface area contributed by atoms with Crippen molar-refractivity contribution in [1.29, 1.82) is 0 Å². The first kappa shape index (κ1) is 22.0. The van der Waals surface area contributed by atoms with Gasteiger partial charge in [-0.3, -0.25) is 9.59 Å². The van der Waals surface area contributed by atoms with Crippen molar-refractivity contribution in [3.05, 3.63) is 65.7 Å². The van der Waals surface area contributed by atoms with Gasteiger partial charge in [0.2, 0.25) is 5.91 Å². The maximum atomic E-state index is 13.3. The second-order valence-corrected chi connectivity index (χ2v) is 8.87. The Balaban J connectivity index is 1.67. The second kappa shape index (κ2) is 8.83. The molecule has 174 valence electrons. The molecule has 1 fully saturated rings. The van der Waals surface area contributed by atoms with Crippen molar-refractivity contribution in [2.24, 2.45) is 5.73 Å². The van der Waals surface area contributed by atoms with E-state index in [9.17, 15) is 9.59 Å². The Morgan fingerprint density at radius 2 is 1.74 bits per heavy atom. The molecule has 4 aromatic rings. The van der Waals surface area contributed by atoms with Crippen molar-refractivity contribution in [2.75, 3.05) is 40.3 Å². The van der Waals surface area contributed by atoms with Crippen molar-refractivity contribution in [3.8, 4) is 16.9 Å². The highest BCUT2D eigenvalue weighted by molar-refractivity contribution is 6.17. The summed E-state index contributed by atoms with van der Waals surface area (Å²) in [6, 6.07) is 17.6. The lowest BCUT2D eigenvalue weighted by Gasteiger charge is -2.32. The van der Waals surface area contributed by atoms with Crippen LogP contribution in [0.3, 0.4) is 0 Å². The van der Waals surface area contributed by atoms with E-state index in [1.807, 2.05) is 59.5 Å². The average molecular weight is 457 g/mol. The summed E-state index contributed by atoms with van der Waals surface area (Å²) in [6.45, 7) is 3.19. The molecule has 0 spiro atoms. The monoisotopic (exact) mass is 456 g/mol. The fourth-order valence-corrected chi connectivity index (χ4v) is 4.73. The molecule has 3 N–H and O–H groups in total. The van der Waals surface area contributed by atoms with E-state index in [0.717, 1.165) is 70.4 Å². The smallest absolute Gasteiger partial charge is 0.253 e. The highest BCUT2D eigenvalue weighted by Crippen LogP contribution is 2.37. The second-order valence-electron chi connectivity index (χ2n) is 8.87. The Morgan fingerprint density at radius 3 is 2.41 bits per heavy atom. The lowest BCUT2D eigenvalue weighted by atomic mass is 9.95. The van der Waals surface area contributed by atoms with E-state index >= 15 is 0 Å². The number of ether oxygens (including phenoxy) is 1. The highest BCUT2D eigenvalue weighted by Gasteiger charge is 2.22. The van der Waals surface area contributed by atoms with Crippen molar-refractivity contribution >= 4 is 33.6 Å². The third-order valence-electron chi connectivity index (χ3n) is 6.64. The van der Waals surface area contributed by atoms with Crippen LogP contribution in [-0.4, -0.2) is 66.9 Å². The molecule has 0 aliphatic carbocycles. The predicted molar refractivity (Wildman–Crippen MR) is 134 cm³/mol. The average Bonchev–Trinajstić information content (AvgIpc) is 3.23. The lowest BCUT2D eigenvalue weighted by molar-refractivity contribution is -0.117. The lowest BCUT2D eigenvalue weighted by Crippen LogP contribution is -2.47. The molecule has 34 heavy (non-hydrogen) atoms. The molecule has 1 aliphatic rings. The molecule has 0 bridgehead atoms. The van der Waals surface area contributed by atoms with E-state index < -0.39 is 0 Å². The molecule has 0 saturated carbocycles. The van der Waals surface area contributed by atoms with Gasteiger partial charge in [0.25, 0.3) is 5.91 Å². The Hall–Kier alpha value is -3.84. The number of amides is 2. The number of piperazine rings is 1. The first-order valence-electron chi connectivity index (χ1n) is 11.4. The van der Waals surface area contributed by atoms with Gasteiger partial charge in [0.1, 0.15) is 5.75 Å². The van der Waals surface area contributed by atoms with Gasteiger partial charge in [0.15, 0.2) is 0 Å². The third kappa shape index (κ3) is 3.99. The molecule has 1 aromatic heterocycles. The Kier molecular flexibility index (Phi) is 5.71. The number of carbonyl (C=O) groups excluding carboxylic acids is 2. The minimum atomic E-state index is -0.386. The van der Waals surface area contributed by atoms with Gasteiger partial charge < -0.3 is 25.3 Å². The van der Waals surface area contributed by atoms with Gasteiger partial charge in [-0.25, -0.2) is 0 Å². The molecular formula is C27H28N4O3. The SMILES string of the molecule is COc1ccc(-c2ccc(CC(N)=O)c3[nH]c4ccc(C(=O)N5CCN(C)CC5)cc4c23)cc1. The minimum Gasteiger partial charge on any atom is -0.497 e. The van der Waals surface area contributed by atoms with Crippen molar-refractivity contribution in [3.63, 3.8) is 0 Å². The normalized spacial score (nSPS) is 14.6. The molecular weight excluding hydrogens is 428 g/mol. The van der Waals surface area contributed by atoms with Gasteiger partial charge in [-0.05, 0) is 54.1 Å². The zero-order chi connectivity index (χ0) is 23.8. The maximum absolute atomic E-state index is 13.3. The largest absolute Gasteiger partial charge is 0.497 e. The van der Waals surface area contributed by atoms with Crippen LogP contribution in [0.2, 0.25) is 0 Å².